The summed E-state index contributed by atoms with van der Waals surface area (Å²) in [5.41, 5.74) is 0. The van der Waals surface area contributed by atoms with E-state index in [0.29, 0.717) is 6.29 Å². The topological polar surface area (TPSA) is 54.0 Å². The monoisotopic (exact) mass is 204 g/mol. The Labute approximate surface area is 83.3 Å². The standard InChI is InChI=1S/C9H16O5/c1-8(11-3)9(2,12-4)14-7(5-10)6-13-8/h5,7H,6H2,1-4H3/t7-,8-,9-/m1/s1. The van der Waals surface area contributed by atoms with Gasteiger partial charge < -0.3 is 23.7 Å². The van der Waals surface area contributed by atoms with E-state index in [4.69, 9.17) is 18.9 Å². The van der Waals surface area contributed by atoms with E-state index in [9.17, 15) is 4.79 Å². The molecule has 0 spiro atoms. The highest BCUT2D eigenvalue weighted by atomic mass is 16.8. The highest BCUT2D eigenvalue weighted by Crippen LogP contribution is 2.35. The molecule has 0 aromatic carbocycles. The Bertz CT molecular complexity index is 219. The largest absolute Gasteiger partial charge is 0.349 e. The van der Waals surface area contributed by atoms with Gasteiger partial charge in [0.1, 0.15) is 6.10 Å². The lowest BCUT2D eigenvalue weighted by molar-refractivity contribution is -0.424. The highest BCUT2D eigenvalue weighted by molar-refractivity contribution is 5.56. The summed E-state index contributed by atoms with van der Waals surface area (Å²) in [6.07, 6.45) is 0.0788. The second-order valence-electron chi connectivity index (χ2n) is 3.40. The summed E-state index contributed by atoms with van der Waals surface area (Å²) in [6, 6.07) is 0. The summed E-state index contributed by atoms with van der Waals surface area (Å²) in [7, 11) is 2.98. The Morgan fingerprint density at radius 1 is 1.29 bits per heavy atom. The number of aldehydes is 1. The molecule has 0 aromatic heterocycles. The fourth-order valence-electron chi connectivity index (χ4n) is 1.35. The molecule has 1 saturated heterocycles. The van der Waals surface area contributed by atoms with Crippen molar-refractivity contribution in [1.29, 1.82) is 0 Å². The van der Waals surface area contributed by atoms with Crippen molar-refractivity contribution in [3.8, 4) is 0 Å². The van der Waals surface area contributed by atoms with E-state index in [-0.39, 0.29) is 6.61 Å². The molecule has 0 aromatic rings. The number of carbonyl (C=O) groups is 1. The van der Waals surface area contributed by atoms with Crippen molar-refractivity contribution in [3.63, 3.8) is 0 Å². The number of rotatable bonds is 3. The molecule has 1 aliphatic heterocycles. The summed E-state index contributed by atoms with van der Waals surface area (Å²) in [4.78, 5) is 10.6. The zero-order valence-corrected chi connectivity index (χ0v) is 8.90. The van der Waals surface area contributed by atoms with Gasteiger partial charge in [0.25, 0.3) is 0 Å². The molecule has 1 aliphatic rings. The zero-order valence-electron chi connectivity index (χ0n) is 8.90. The minimum atomic E-state index is -1.08. The maximum Gasteiger partial charge on any atom is 0.220 e. The smallest absolute Gasteiger partial charge is 0.220 e. The average Bonchev–Trinajstić information content (AvgIpc) is 2.22. The van der Waals surface area contributed by atoms with Crippen molar-refractivity contribution in [2.75, 3.05) is 20.8 Å². The lowest BCUT2D eigenvalue weighted by Gasteiger charge is -2.47. The van der Waals surface area contributed by atoms with Crippen LogP contribution in [0.2, 0.25) is 0 Å². The quantitative estimate of drug-likeness (QED) is 0.620. The molecule has 0 amide bonds. The maximum atomic E-state index is 10.6. The van der Waals surface area contributed by atoms with Crippen molar-refractivity contribution < 1.29 is 23.7 Å². The van der Waals surface area contributed by atoms with Crippen LogP contribution in [0.25, 0.3) is 0 Å². The van der Waals surface area contributed by atoms with Crippen molar-refractivity contribution in [1.82, 2.24) is 0 Å². The third-order valence-electron chi connectivity index (χ3n) is 2.66. The first kappa shape index (κ1) is 11.6. The number of hydrogen-bond donors (Lipinski definition) is 0. The van der Waals surface area contributed by atoms with Crippen molar-refractivity contribution in [2.24, 2.45) is 0 Å². The first-order valence-corrected chi connectivity index (χ1v) is 4.38. The van der Waals surface area contributed by atoms with Crippen molar-refractivity contribution >= 4 is 6.29 Å². The van der Waals surface area contributed by atoms with Gasteiger partial charge in [-0.2, -0.15) is 0 Å². The highest BCUT2D eigenvalue weighted by Gasteiger charge is 2.53. The fourth-order valence-corrected chi connectivity index (χ4v) is 1.35. The van der Waals surface area contributed by atoms with E-state index < -0.39 is 17.7 Å². The van der Waals surface area contributed by atoms with Crippen LogP contribution in [0.1, 0.15) is 13.8 Å². The second kappa shape index (κ2) is 3.94. The molecule has 1 fully saturated rings. The fraction of sp³-hybridized carbons (Fsp3) is 0.889. The van der Waals surface area contributed by atoms with Gasteiger partial charge in [-0.25, -0.2) is 0 Å². The van der Waals surface area contributed by atoms with E-state index in [1.165, 1.54) is 14.2 Å². The summed E-state index contributed by atoms with van der Waals surface area (Å²) in [5, 5.41) is 0. The molecule has 5 nitrogen and oxygen atoms in total. The predicted molar refractivity (Wildman–Crippen MR) is 47.7 cm³/mol. The Morgan fingerprint density at radius 2 is 1.86 bits per heavy atom. The first-order valence-electron chi connectivity index (χ1n) is 4.38. The van der Waals surface area contributed by atoms with Gasteiger partial charge in [0.2, 0.25) is 11.6 Å². The van der Waals surface area contributed by atoms with Crippen molar-refractivity contribution in [2.45, 2.75) is 31.5 Å². The molecule has 0 bridgehead atoms. The van der Waals surface area contributed by atoms with Crippen LogP contribution in [0.3, 0.4) is 0 Å². The minimum absolute atomic E-state index is 0.173. The summed E-state index contributed by atoms with van der Waals surface area (Å²) >= 11 is 0. The van der Waals surface area contributed by atoms with Gasteiger partial charge in [0.05, 0.1) is 6.61 Å². The van der Waals surface area contributed by atoms with Gasteiger partial charge in [0, 0.05) is 14.2 Å². The van der Waals surface area contributed by atoms with Gasteiger partial charge in [-0.05, 0) is 13.8 Å². The molecule has 1 heterocycles. The Morgan fingerprint density at radius 3 is 2.29 bits per heavy atom. The van der Waals surface area contributed by atoms with E-state index in [2.05, 4.69) is 0 Å². The molecule has 0 unspecified atom stereocenters. The van der Waals surface area contributed by atoms with Crippen LogP contribution in [-0.4, -0.2) is 44.8 Å². The van der Waals surface area contributed by atoms with E-state index in [1.54, 1.807) is 13.8 Å². The Balaban J connectivity index is 2.86. The summed E-state index contributed by atoms with van der Waals surface area (Å²) in [5.74, 6) is -2.08. The molecule has 0 radical (unpaired) electrons. The normalized spacial score (nSPS) is 43.6. The zero-order chi connectivity index (χ0) is 10.8. The number of carbonyl (C=O) groups excluding carboxylic acids is 1. The van der Waals surface area contributed by atoms with Crippen LogP contribution in [0, 0.1) is 0 Å². The average molecular weight is 204 g/mol. The van der Waals surface area contributed by atoms with Crippen LogP contribution in [-0.2, 0) is 23.7 Å². The van der Waals surface area contributed by atoms with Gasteiger partial charge in [-0.1, -0.05) is 0 Å². The second-order valence-corrected chi connectivity index (χ2v) is 3.40. The lowest BCUT2D eigenvalue weighted by atomic mass is 10.1. The molecule has 0 saturated carbocycles. The molecule has 5 heteroatoms. The molecular formula is C9H16O5. The third-order valence-corrected chi connectivity index (χ3v) is 2.66. The maximum absolute atomic E-state index is 10.6. The predicted octanol–water partition coefficient (Wildman–Crippen LogP) is 0.326. The lowest BCUT2D eigenvalue weighted by Crippen LogP contribution is -2.62. The van der Waals surface area contributed by atoms with E-state index in [1.807, 2.05) is 0 Å². The van der Waals surface area contributed by atoms with Crippen molar-refractivity contribution in [3.05, 3.63) is 0 Å². The van der Waals surface area contributed by atoms with Gasteiger partial charge in [-0.3, -0.25) is 0 Å². The summed E-state index contributed by atoms with van der Waals surface area (Å²) in [6.45, 7) is 3.55. The molecule has 14 heavy (non-hydrogen) atoms. The SMILES string of the molecule is CO[C@]1(C)OC[C@@H](C=O)O[C@@]1(C)OC. The minimum Gasteiger partial charge on any atom is -0.349 e. The van der Waals surface area contributed by atoms with Crippen LogP contribution >= 0.6 is 0 Å². The Kier molecular flexibility index (Phi) is 3.26. The Hall–Kier alpha value is -0.490. The number of hydrogen-bond acceptors (Lipinski definition) is 5. The molecule has 0 aliphatic carbocycles. The molecule has 0 N–H and O–H groups in total. The molecule has 82 valence electrons. The first-order chi connectivity index (χ1) is 6.51. The van der Waals surface area contributed by atoms with Gasteiger partial charge >= 0.3 is 0 Å². The van der Waals surface area contributed by atoms with Crippen LogP contribution < -0.4 is 0 Å². The number of methoxy groups -OCH3 is 2. The van der Waals surface area contributed by atoms with E-state index in [0.717, 1.165) is 0 Å². The summed E-state index contributed by atoms with van der Waals surface area (Å²) < 4.78 is 21.2. The van der Waals surface area contributed by atoms with Gasteiger partial charge in [0.15, 0.2) is 6.29 Å². The number of ether oxygens (including phenoxy) is 4. The molecule has 3 atom stereocenters. The van der Waals surface area contributed by atoms with Crippen LogP contribution in [0.15, 0.2) is 0 Å². The van der Waals surface area contributed by atoms with Crippen LogP contribution in [0.4, 0.5) is 0 Å². The van der Waals surface area contributed by atoms with Crippen LogP contribution in [0.5, 0.6) is 0 Å². The molecular weight excluding hydrogens is 188 g/mol. The third kappa shape index (κ3) is 1.68. The molecule has 1 rings (SSSR count). The van der Waals surface area contributed by atoms with E-state index >= 15 is 0 Å². The van der Waals surface area contributed by atoms with Gasteiger partial charge in [-0.15, -0.1) is 0 Å².